The Morgan fingerprint density at radius 2 is 2.09 bits per heavy atom. The number of likely N-dealkylation sites (tertiary alicyclic amines) is 1. The van der Waals surface area contributed by atoms with Crippen LogP contribution < -0.4 is 5.32 Å². The van der Waals surface area contributed by atoms with Crippen LogP contribution in [0.4, 0.5) is 9.80 Å². The molecule has 0 aliphatic carbocycles. The van der Waals surface area contributed by atoms with E-state index in [2.05, 4.69) is 15.1 Å². The number of amides is 2. The minimum Gasteiger partial charge on any atom is -0.319 e. The molecule has 0 bridgehead atoms. The molecule has 6 heteroatoms. The van der Waals surface area contributed by atoms with Crippen LogP contribution in [0, 0.1) is 0 Å². The number of thiophene rings is 1. The van der Waals surface area contributed by atoms with Crippen LogP contribution in [0.5, 0.6) is 0 Å². The van der Waals surface area contributed by atoms with Crippen molar-refractivity contribution in [2.45, 2.75) is 31.7 Å². The first kappa shape index (κ1) is 16.1. The highest BCUT2D eigenvalue weighted by atomic mass is 32.2. The number of hydrogen-bond donors (Lipinski definition) is 1. The van der Waals surface area contributed by atoms with Gasteiger partial charge in [-0.1, -0.05) is 6.42 Å². The van der Waals surface area contributed by atoms with Gasteiger partial charge in [0.2, 0.25) is 0 Å². The van der Waals surface area contributed by atoms with Gasteiger partial charge in [-0.05, 0) is 55.6 Å². The van der Waals surface area contributed by atoms with Gasteiger partial charge < -0.3 is 9.80 Å². The molecule has 0 radical (unpaired) electrons. The van der Waals surface area contributed by atoms with E-state index in [1.165, 1.54) is 38.1 Å². The molecule has 2 fully saturated rings. The van der Waals surface area contributed by atoms with E-state index in [0.29, 0.717) is 6.04 Å². The summed E-state index contributed by atoms with van der Waals surface area (Å²) in [6, 6.07) is 4.36. The van der Waals surface area contributed by atoms with Crippen LogP contribution in [0.2, 0.25) is 0 Å². The number of urea groups is 1. The lowest BCUT2D eigenvalue weighted by atomic mass is 10.1. The molecule has 0 aromatic carbocycles. The van der Waals surface area contributed by atoms with Crippen molar-refractivity contribution in [3.63, 3.8) is 0 Å². The topological polar surface area (TPSA) is 35.6 Å². The Balaban J connectivity index is 1.62. The third-order valence-electron chi connectivity index (χ3n) is 4.37. The smallest absolute Gasteiger partial charge is 0.319 e. The zero-order valence-electron chi connectivity index (χ0n) is 13.0. The molecular formula is C16H25N3OS2. The molecule has 0 saturated carbocycles. The second kappa shape index (κ2) is 8.22. The van der Waals surface area contributed by atoms with Gasteiger partial charge in [0.05, 0.1) is 11.0 Å². The average Bonchev–Trinajstić information content (AvgIpc) is 2.93. The van der Waals surface area contributed by atoms with E-state index in [1.54, 1.807) is 11.3 Å². The quantitative estimate of drug-likeness (QED) is 0.914. The number of anilines is 1. The standard InChI is InChI=1S/C16H25N3OS2/c20-16(17-15-6-4-11-22-15)19-9-5-10-21-13-14(19)12-18-7-2-1-3-8-18/h4,6,11,14H,1-3,5,7-10,12-13H2,(H,17,20). The molecule has 2 amide bonds. The van der Waals surface area contributed by atoms with Crippen LogP contribution in [0.1, 0.15) is 25.7 Å². The number of nitrogens with zero attached hydrogens (tertiary/aromatic N) is 2. The fraction of sp³-hybridized carbons (Fsp3) is 0.688. The zero-order chi connectivity index (χ0) is 15.2. The Bertz CT molecular complexity index is 460. The van der Waals surface area contributed by atoms with E-state index >= 15 is 0 Å². The van der Waals surface area contributed by atoms with Gasteiger partial charge in [-0.25, -0.2) is 4.79 Å². The third kappa shape index (κ3) is 4.40. The Hall–Kier alpha value is -0.720. The minimum absolute atomic E-state index is 0.0759. The second-order valence-corrected chi connectivity index (χ2v) is 8.14. The van der Waals surface area contributed by atoms with Crippen LogP contribution in [0.15, 0.2) is 17.5 Å². The monoisotopic (exact) mass is 339 g/mol. The molecule has 1 aromatic rings. The van der Waals surface area contributed by atoms with Gasteiger partial charge >= 0.3 is 6.03 Å². The largest absolute Gasteiger partial charge is 0.322 e. The van der Waals surface area contributed by atoms with E-state index < -0.39 is 0 Å². The van der Waals surface area contributed by atoms with Gasteiger partial charge in [0.15, 0.2) is 0 Å². The first-order valence-electron chi connectivity index (χ1n) is 8.24. The highest BCUT2D eigenvalue weighted by molar-refractivity contribution is 7.99. The summed E-state index contributed by atoms with van der Waals surface area (Å²) < 4.78 is 0. The Morgan fingerprint density at radius 3 is 2.86 bits per heavy atom. The predicted octanol–water partition coefficient (Wildman–Crippen LogP) is 3.57. The summed E-state index contributed by atoms with van der Waals surface area (Å²) in [6.45, 7) is 4.30. The van der Waals surface area contributed by atoms with E-state index in [4.69, 9.17) is 0 Å². The molecule has 1 N–H and O–H groups in total. The zero-order valence-corrected chi connectivity index (χ0v) is 14.6. The minimum atomic E-state index is 0.0759. The Labute approximate surface area is 141 Å². The molecule has 0 spiro atoms. The van der Waals surface area contributed by atoms with Crippen molar-refractivity contribution >= 4 is 34.1 Å². The number of nitrogens with one attached hydrogen (secondary N) is 1. The van der Waals surface area contributed by atoms with Gasteiger partial charge in [-0.2, -0.15) is 11.8 Å². The van der Waals surface area contributed by atoms with Crippen molar-refractivity contribution in [3.05, 3.63) is 17.5 Å². The molecule has 122 valence electrons. The molecule has 2 saturated heterocycles. The lowest BCUT2D eigenvalue weighted by Gasteiger charge is -2.35. The first-order valence-corrected chi connectivity index (χ1v) is 10.3. The van der Waals surface area contributed by atoms with Crippen LogP contribution in [0.25, 0.3) is 0 Å². The maximum atomic E-state index is 12.7. The van der Waals surface area contributed by atoms with Gasteiger partial charge in [0.25, 0.3) is 0 Å². The number of carbonyl (C=O) groups excluding carboxylic acids is 1. The van der Waals surface area contributed by atoms with Crippen molar-refractivity contribution in [2.24, 2.45) is 0 Å². The van der Waals surface area contributed by atoms with Crippen LogP contribution >= 0.6 is 23.1 Å². The number of rotatable bonds is 3. The summed E-state index contributed by atoms with van der Waals surface area (Å²) in [5.74, 6) is 2.23. The molecular weight excluding hydrogens is 314 g/mol. The molecule has 1 atom stereocenters. The van der Waals surface area contributed by atoms with E-state index in [9.17, 15) is 4.79 Å². The van der Waals surface area contributed by atoms with Crippen LogP contribution in [-0.2, 0) is 0 Å². The summed E-state index contributed by atoms with van der Waals surface area (Å²) in [7, 11) is 0. The second-order valence-electron chi connectivity index (χ2n) is 6.04. The van der Waals surface area contributed by atoms with Gasteiger partial charge in [-0.15, -0.1) is 11.3 Å². The molecule has 4 nitrogen and oxygen atoms in total. The lowest BCUT2D eigenvalue weighted by molar-refractivity contribution is 0.151. The first-order chi connectivity index (χ1) is 10.8. The number of carbonyl (C=O) groups is 1. The van der Waals surface area contributed by atoms with Gasteiger partial charge in [0, 0.05) is 18.8 Å². The van der Waals surface area contributed by atoms with Crippen LogP contribution in [0.3, 0.4) is 0 Å². The fourth-order valence-electron chi connectivity index (χ4n) is 3.21. The summed E-state index contributed by atoms with van der Waals surface area (Å²) in [6.07, 6.45) is 5.07. The summed E-state index contributed by atoms with van der Waals surface area (Å²) in [5, 5.41) is 6.01. The molecule has 2 aliphatic rings. The van der Waals surface area contributed by atoms with E-state index in [1.807, 2.05) is 29.3 Å². The number of thioether (sulfide) groups is 1. The van der Waals surface area contributed by atoms with Crippen molar-refractivity contribution in [1.29, 1.82) is 0 Å². The van der Waals surface area contributed by atoms with Crippen molar-refractivity contribution in [1.82, 2.24) is 9.80 Å². The van der Waals surface area contributed by atoms with E-state index in [-0.39, 0.29) is 6.03 Å². The fourth-order valence-corrected chi connectivity index (χ4v) is 4.88. The van der Waals surface area contributed by atoms with Gasteiger partial charge in [0.1, 0.15) is 0 Å². The summed E-state index contributed by atoms with van der Waals surface area (Å²) in [5.41, 5.74) is 0. The molecule has 3 rings (SSSR count). The van der Waals surface area contributed by atoms with Crippen molar-refractivity contribution in [2.75, 3.05) is 43.0 Å². The SMILES string of the molecule is O=C(Nc1cccs1)N1CCCSCC1CN1CCCCC1. The number of piperidine rings is 1. The normalized spacial score (nSPS) is 24.0. The molecule has 3 heterocycles. The highest BCUT2D eigenvalue weighted by Gasteiger charge is 2.28. The molecule has 1 aromatic heterocycles. The molecule has 22 heavy (non-hydrogen) atoms. The maximum Gasteiger partial charge on any atom is 0.322 e. The lowest BCUT2D eigenvalue weighted by Crippen LogP contribution is -2.50. The van der Waals surface area contributed by atoms with Gasteiger partial charge in [-0.3, -0.25) is 5.32 Å². The highest BCUT2D eigenvalue weighted by Crippen LogP contribution is 2.21. The van der Waals surface area contributed by atoms with Crippen molar-refractivity contribution in [3.8, 4) is 0 Å². The Morgan fingerprint density at radius 1 is 1.23 bits per heavy atom. The summed E-state index contributed by atoms with van der Waals surface area (Å²) >= 11 is 3.58. The van der Waals surface area contributed by atoms with E-state index in [0.717, 1.165) is 30.3 Å². The summed E-state index contributed by atoms with van der Waals surface area (Å²) in [4.78, 5) is 17.3. The Kier molecular flexibility index (Phi) is 6.04. The maximum absolute atomic E-state index is 12.7. The van der Waals surface area contributed by atoms with Crippen LogP contribution in [-0.4, -0.2) is 59.6 Å². The number of hydrogen-bond acceptors (Lipinski definition) is 4. The predicted molar refractivity (Wildman–Crippen MR) is 96.1 cm³/mol. The average molecular weight is 340 g/mol. The molecule has 1 unspecified atom stereocenters. The van der Waals surface area contributed by atoms with Crippen molar-refractivity contribution < 1.29 is 4.79 Å². The third-order valence-corrected chi connectivity index (χ3v) is 6.35. The molecule has 2 aliphatic heterocycles.